The maximum atomic E-state index is 11.8. The standard InChI is InChI=1S/C15H9NO4/c17-14-7-5-10-4-6-11(9-13(10)20-14)19-15(18)12-3-1-2-8-16-12/h1-9H. The second-order valence-corrected chi connectivity index (χ2v) is 4.06. The summed E-state index contributed by atoms with van der Waals surface area (Å²) in [5.41, 5.74) is 0.122. The van der Waals surface area contributed by atoms with Gasteiger partial charge in [0.25, 0.3) is 0 Å². The highest BCUT2D eigenvalue weighted by Crippen LogP contribution is 2.20. The van der Waals surface area contributed by atoms with E-state index in [0.29, 0.717) is 11.3 Å². The molecule has 3 aromatic rings. The van der Waals surface area contributed by atoms with Gasteiger partial charge < -0.3 is 9.15 Å². The molecule has 5 nitrogen and oxygen atoms in total. The minimum absolute atomic E-state index is 0.210. The molecule has 0 aliphatic rings. The van der Waals surface area contributed by atoms with Gasteiger partial charge in [-0.2, -0.15) is 0 Å². The first kappa shape index (κ1) is 12.1. The maximum Gasteiger partial charge on any atom is 0.362 e. The van der Waals surface area contributed by atoms with E-state index in [1.165, 1.54) is 18.3 Å². The minimum Gasteiger partial charge on any atom is -0.423 e. The predicted octanol–water partition coefficient (Wildman–Crippen LogP) is 2.41. The number of carbonyl (C=O) groups excluding carboxylic acids is 1. The first-order valence-electron chi connectivity index (χ1n) is 5.89. The van der Waals surface area contributed by atoms with Crippen LogP contribution in [0, 0.1) is 0 Å². The zero-order valence-electron chi connectivity index (χ0n) is 10.3. The lowest BCUT2D eigenvalue weighted by atomic mass is 10.2. The molecule has 2 heterocycles. The Morgan fingerprint density at radius 3 is 2.75 bits per heavy atom. The van der Waals surface area contributed by atoms with Crippen LogP contribution in [0.1, 0.15) is 10.5 Å². The van der Waals surface area contributed by atoms with Crippen molar-refractivity contribution >= 4 is 16.9 Å². The van der Waals surface area contributed by atoms with Gasteiger partial charge in [0, 0.05) is 23.7 Å². The number of nitrogens with zero attached hydrogens (tertiary/aromatic N) is 1. The molecule has 0 fully saturated rings. The molecule has 0 N–H and O–H groups in total. The third kappa shape index (κ3) is 2.42. The van der Waals surface area contributed by atoms with Crippen LogP contribution in [0.5, 0.6) is 5.75 Å². The molecule has 2 aromatic heterocycles. The van der Waals surface area contributed by atoms with Crippen molar-refractivity contribution in [1.29, 1.82) is 0 Å². The Bertz CT molecular complexity index is 824. The number of esters is 1. The number of carbonyl (C=O) groups is 1. The molecule has 0 amide bonds. The van der Waals surface area contributed by atoms with Gasteiger partial charge in [-0.15, -0.1) is 0 Å². The third-order valence-electron chi connectivity index (χ3n) is 2.68. The van der Waals surface area contributed by atoms with E-state index < -0.39 is 11.6 Å². The highest BCUT2D eigenvalue weighted by molar-refractivity contribution is 5.89. The molecule has 0 aliphatic carbocycles. The van der Waals surface area contributed by atoms with Gasteiger partial charge >= 0.3 is 11.6 Å². The Labute approximate surface area is 113 Å². The van der Waals surface area contributed by atoms with Crippen molar-refractivity contribution in [2.45, 2.75) is 0 Å². The Balaban J connectivity index is 1.91. The zero-order valence-corrected chi connectivity index (χ0v) is 10.3. The van der Waals surface area contributed by atoms with E-state index in [1.54, 1.807) is 36.4 Å². The third-order valence-corrected chi connectivity index (χ3v) is 2.68. The van der Waals surface area contributed by atoms with Crippen LogP contribution in [-0.4, -0.2) is 11.0 Å². The average Bonchev–Trinajstić information content (AvgIpc) is 2.47. The molecule has 3 rings (SSSR count). The van der Waals surface area contributed by atoms with E-state index in [-0.39, 0.29) is 5.69 Å². The smallest absolute Gasteiger partial charge is 0.362 e. The first-order valence-corrected chi connectivity index (χ1v) is 5.89. The van der Waals surface area contributed by atoms with Gasteiger partial charge in [0.1, 0.15) is 17.0 Å². The van der Waals surface area contributed by atoms with Crippen LogP contribution in [0.15, 0.2) is 63.9 Å². The number of aromatic nitrogens is 1. The normalized spacial score (nSPS) is 10.4. The number of benzene rings is 1. The lowest BCUT2D eigenvalue weighted by molar-refractivity contribution is 0.0729. The summed E-state index contributed by atoms with van der Waals surface area (Å²) >= 11 is 0. The van der Waals surface area contributed by atoms with Crippen LogP contribution in [0.25, 0.3) is 11.0 Å². The molecule has 20 heavy (non-hydrogen) atoms. The van der Waals surface area contributed by atoms with E-state index in [4.69, 9.17) is 9.15 Å². The molecule has 0 aliphatic heterocycles. The zero-order chi connectivity index (χ0) is 13.9. The maximum absolute atomic E-state index is 11.8. The van der Waals surface area contributed by atoms with Crippen LogP contribution in [0.2, 0.25) is 0 Å². The van der Waals surface area contributed by atoms with Gasteiger partial charge in [-0.05, 0) is 30.3 Å². The SMILES string of the molecule is O=C(Oc1ccc2ccc(=O)oc2c1)c1ccccn1. The lowest BCUT2D eigenvalue weighted by Gasteiger charge is -2.04. The summed E-state index contributed by atoms with van der Waals surface area (Å²) in [6, 6.07) is 12.8. The summed E-state index contributed by atoms with van der Waals surface area (Å²) in [6.45, 7) is 0. The van der Waals surface area contributed by atoms with Crippen LogP contribution in [0.3, 0.4) is 0 Å². The molecule has 5 heteroatoms. The second-order valence-electron chi connectivity index (χ2n) is 4.06. The molecule has 98 valence electrons. The largest absolute Gasteiger partial charge is 0.423 e. The Hall–Kier alpha value is -2.95. The summed E-state index contributed by atoms with van der Waals surface area (Å²) in [7, 11) is 0. The summed E-state index contributed by atoms with van der Waals surface area (Å²) in [5, 5.41) is 0.752. The lowest BCUT2D eigenvalue weighted by Crippen LogP contribution is -2.10. The fourth-order valence-electron chi connectivity index (χ4n) is 1.75. The molecule has 0 atom stereocenters. The van der Waals surface area contributed by atoms with Crippen molar-refractivity contribution in [3.63, 3.8) is 0 Å². The minimum atomic E-state index is -0.566. The number of rotatable bonds is 2. The van der Waals surface area contributed by atoms with Crippen molar-refractivity contribution in [2.24, 2.45) is 0 Å². The number of hydrogen-bond acceptors (Lipinski definition) is 5. The molecule has 1 aromatic carbocycles. The van der Waals surface area contributed by atoms with Crippen molar-refractivity contribution < 1.29 is 13.9 Å². The summed E-state index contributed by atoms with van der Waals surface area (Å²) in [6.07, 6.45) is 1.51. The fourth-order valence-corrected chi connectivity index (χ4v) is 1.75. The molecule has 0 spiro atoms. The van der Waals surface area contributed by atoms with E-state index in [0.717, 1.165) is 5.39 Å². The number of ether oxygens (including phenoxy) is 1. The van der Waals surface area contributed by atoms with Gasteiger partial charge in [-0.25, -0.2) is 14.6 Å². The fraction of sp³-hybridized carbons (Fsp3) is 0. The molecule has 0 saturated heterocycles. The topological polar surface area (TPSA) is 69.4 Å². The van der Waals surface area contributed by atoms with Gasteiger partial charge in [0.05, 0.1) is 0 Å². The molecular formula is C15H9NO4. The number of pyridine rings is 1. The Morgan fingerprint density at radius 2 is 1.95 bits per heavy atom. The van der Waals surface area contributed by atoms with E-state index in [9.17, 15) is 9.59 Å². The average molecular weight is 267 g/mol. The van der Waals surface area contributed by atoms with Crippen LogP contribution in [-0.2, 0) is 0 Å². The molecule has 0 saturated carbocycles. The quantitative estimate of drug-likeness (QED) is 0.405. The van der Waals surface area contributed by atoms with Crippen molar-refractivity contribution in [3.05, 3.63) is 70.8 Å². The Morgan fingerprint density at radius 1 is 1.10 bits per heavy atom. The molecule has 0 radical (unpaired) electrons. The van der Waals surface area contributed by atoms with E-state index >= 15 is 0 Å². The first-order chi connectivity index (χ1) is 9.72. The summed E-state index contributed by atoms with van der Waals surface area (Å²) < 4.78 is 10.2. The highest BCUT2D eigenvalue weighted by atomic mass is 16.5. The molecule has 0 bridgehead atoms. The van der Waals surface area contributed by atoms with Crippen LogP contribution < -0.4 is 10.4 Å². The van der Waals surface area contributed by atoms with Crippen molar-refractivity contribution in [2.75, 3.05) is 0 Å². The second kappa shape index (κ2) is 4.97. The number of fused-ring (bicyclic) bond motifs is 1. The monoisotopic (exact) mass is 267 g/mol. The van der Waals surface area contributed by atoms with Crippen molar-refractivity contribution in [3.8, 4) is 5.75 Å². The Kier molecular flexibility index (Phi) is 3.01. The van der Waals surface area contributed by atoms with Gasteiger partial charge in [0.15, 0.2) is 0 Å². The van der Waals surface area contributed by atoms with Gasteiger partial charge in [0.2, 0.25) is 0 Å². The predicted molar refractivity (Wildman–Crippen MR) is 71.7 cm³/mol. The van der Waals surface area contributed by atoms with E-state index in [1.807, 2.05) is 0 Å². The molecular weight excluding hydrogens is 258 g/mol. The highest BCUT2D eigenvalue weighted by Gasteiger charge is 2.10. The number of hydrogen-bond donors (Lipinski definition) is 0. The van der Waals surface area contributed by atoms with Crippen molar-refractivity contribution in [1.82, 2.24) is 4.98 Å². The van der Waals surface area contributed by atoms with Crippen LogP contribution >= 0.6 is 0 Å². The molecule has 0 unspecified atom stereocenters. The summed E-state index contributed by atoms with van der Waals surface area (Å²) in [4.78, 5) is 26.9. The van der Waals surface area contributed by atoms with Gasteiger partial charge in [-0.1, -0.05) is 6.07 Å². The van der Waals surface area contributed by atoms with Crippen LogP contribution in [0.4, 0.5) is 0 Å². The van der Waals surface area contributed by atoms with Gasteiger partial charge in [-0.3, -0.25) is 0 Å². The summed E-state index contributed by atoms with van der Waals surface area (Å²) in [5.74, 6) is -0.272. The van der Waals surface area contributed by atoms with E-state index in [2.05, 4.69) is 4.98 Å².